The summed E-state index contributed by atoms with van der Waals surface area (Å²) in [5.74, 6) is 1.34. The quantitative estimate of drug-likeness (QED) is 0.581. The van der Waals surface area contributed by atoms with Gasteiger partial charge in [-0.1, -0.05) is 0 Å². The molecule has 0 aliphatic rings. The van der Waals surface area contributed by atoms with Gasteiger partial charge in [0.25, 0.3) is 0 Å². The fraction of sp³-hybridized carbons (Fsp3) is 0.0588. The number of hydrogen-bond acceptors (Lipinski definition) is 6. The minimum Gasteiger partial charge on any atom is -0.439 e. The van der Waals surface area contributed by atoms with Crippen LogP contribution in [0, 0.1) is 5.82 Å². The van der Waals surface area contributed by atoms with Crippen molar-refractivity contribution >= 4 is 16.9 Å². The first-order valence-corrected chi connectivity index (χ1v) is 7.54. The van der Waals surface area contributed by atoms with Gasteiger partial charge in [0.2, 0.25) is 5.88 Å². The maximum atomic E-state index is 12.9. The lowest BCUT2D eigenvalue weighted by Gasteiger charge is -2.08. The van der Waals surface area contributed by atoms with Gasteiger partial charge in [-0.2, -0.15) is 5.10 Å². The van der Waals surface area contributed by atoms with E-state index in [9.17, 15) is 4.39 Å². The van der Waals surface area contributed by atoms with Crippen LogP contribution in [0.3, 0.4) is 0 Å². The topological polar surface area (TPSA) is 88.6 Å². The van der Waals surface area contributed by atoms with Crippen molar-refractivity contribution < 1.29 is 9.13 Å². The van der Waals surface area contributed by atoms with Gasteiger partial charge in [0.15, 0.2) is 5.65 Å². The average molecular weight is 336 g/mol. The summed E-state index contributed by atoms with van der Waals surface area (Å²) in [7, 11) is 0. The molecular weight excluding hydrogens is 323 g/mol. The number of rotatable bonds is 5. The van der Waals surface area contributed by atoms with E-state index in [-0.39, 0.29) is 5.82 Å². The van der Waals surface area contributed by atoms with Crippen molar-refractivity contribution in [3.63, 3.8) is 0 Å². The molecule has 0 unspecified atom stereocenters. The molecule has 8 heteroatoms. The Kier molecular flexibility index (Phi) is 3.91. The van der Waals surface area contributed by atoms with E-state index in [2.05, 4.69) is 30.5 Å². The van der Waals surface area contributed by atoms with Crippen molar-refractivity contribution in [2.45, 2.75) is 6.54 Å². The second-order valence-electron chi connectivity index (χ2n) is 5.27. The zero-order chi connectivity index (χ0) is 17.1. The molecule has 0 spiro atoms. The van der Waals surface area contributed by atoms with E-state index in [0.29, 0.717) is 29.6 Å². The Morgan fingerprint density at radius 1 is 1.08 bits per heavy atom. The average Bonchev–Trinajstić information content (AvgIpc) is 3.12. The zero-order valence-electron chi connectivity index (χ0n) is 13.0. The highest BCUT2D eigenvalue weighted by atomic mass is 19.1. The third kappa shape index (κ3) is 3.37. The first-order valence-electron chi connectivity index (χ1n) is 7.54. The highest BCUT2D eigenvalue weighted by Gasteiger charge is 2.06. The molecule has 0 saturated heterocycles. The molecule has 0 amide bonds. The van der Waals surface area contributed by atoms with Crippen LogP contribution in [-0.2, 0) is 6.54 Å². The monoisotopic (exact) mass is 336 g/mol. The molecule has 4 rings (SSSR count). The molecule has 0 aliphatic carbocycles. The van der Waals surface area contributed by atoms with Gasteiger partial charge in [-0.25, -0.2) is 19.3 Å². The van der Waals surface area contributed by atoms with E-state index in [4.69, 9.17) is 4.74 Å². The SMILES string of the molecule is Fc1ccc(Oc2cc(CNc3ncnc4[nH]ncc34)ccn2)cc1. The first kappa shape index (κ1) is 15.0. The van der Waals surface area contributed by atoms with E-state index in [1.807, 2.05) is 12.1 Å². The summed E-state index contributed by atoms with van der Waals surface area (Å²) in [6.45, 7) is 0.527. The van der Waals surface area contributed by atoms with Crippen molar-refractivity contribution in [2.75, 3.05) is 5.32 Å². The van der Waals surface area contributed by atoms with Gasteiger partial charge in [0.05, 0.1) is 11.6 Å². The molecule has 3 aromatic heterocycles. The molecular formula is C17H13FN6O. The van der Waals surface area contributed by atoms with Gasteiger partial charge < -0.3 is 10.1 Å². The molecule has 0 radical (unpaired) electrons. The number of aromatic nitrogens is 5. The minimum atomic E-state index is -0.311. The number of nitrogens with one attached hydrogen (secondary N) is 2. The molecule has 0 atom stereocenters. The lowest BCUT2D eigenvalue weighted by molar-refractivity contribution is 0.460. The van der Waals surface area contributed by atoms with Crippen molar-refractivity contribution in [1.29, 1.82) is 0 Å². The molecule has 0 saturated carbocycles. The summed E-state index contributed by atoms with van der Waals surface area (Å²) in [5.41, 5.74) is 1.63. The Morgan fingerprint density at radius 2 is 1.96 bits per heavy atom. The summed E-state index contributed by atoms with van der Waals surface area (Å²) in [6.07, 6.45) is 4.80. The van der Waals surface area contributed by atoms with E-state index >= 15 is 0 Å². The van der Waals surface area contributed by atoms with Crippen LogP contribution in [0.4, 0.5) is 10.2 Å². The van der Waals surface area contributed by atoms with E-state index < -0.39 is 0 Å². The van der Waals surface area contributed by atoms with E-state index in [0.717, 1.165) is 10.9 Å². The zero-order valence-corrected chi connectivity index (χ0v) is 13.0. The van der Waals surface area contributed by atoms with Gasteiger partial charge in [-0.05, 0) is 35.9 Å². The molecule has 0 fully saturated rings. The molecule has 0 bridgehead atoms. The largest absolute Gasteiger partial charge is 0.439 e. The van der Waals surface area contributed by atoms with Crippen molar-refractivity contribution in [3.05, 3.63) is 66.5 Å². The van der Waals surface area contributed by atoms with Crippen molar-refractivity contribution in [3.8, 4) is 11.6 Å². The van der Waals surface area contributed by atoms with Gasteiger partial charge in [0.1, 0.15) is 23.7 Å². The third-order valence-electron chi connectivity index (χ3n) is 3.54. The molecule has 25 heavy (non-hydrogen) atoms. The molecule has 124 valence electrons. The van der Waals surface area contributed by atoms with Crippen LogP contribution in [-0.4, -0.2) is 25.1 Å². The number of hydrogen-bond donors (Lipinski definition) is 2. The van der Waals surface area contributed by atoms with E-state index in [1.165, 1.54) is 18.5 Å². The summed E-state index contributed by atoms with van der Waals surface area (Å²) >= 11 is 0. The third-order valence-corrected chi connectivity index (χ3v) is 3.54. The summed E-state index contributed by atoms with van der Waals surface area (Å²) in [6, 6.07) is 9.47. The van der Waals surface area contributed by atoms with Gasteiger partial charge in [-0.3, -0.25) is 5.10 Å². The number of H-pyrrole nitrogens is 1. The molecule has 7 nitrogen and oxygen atoms in total. The first-order chi connectivity index (χ1) is 12.3. The maximum Gasteiger partial charge on any atom is 0.219 e. The Balaban J connectivity index is 1.48. The maximum absolute atomic E-state index is 12.9. The Bertz CT molecular complexity index is 1000. The highest BCUT2D eigenvalue weighted by molar-refractivity contribution is 5.85. The standard InChI is InChI=1S/C17H13FN6O/c18-12-1-3-13(4-2-12)25-15-7-11(5-6-19-15)8-20-16-14-9-23-24-17(14)22-10-21-16/h1-7,9-10H,8H2,(H2,20,21,22,23,24). The second-order valence-corrected chi connectivity index (χ2v) is 5.27. The summed E-state index contributed by atoms with van der Waals surface area (Å²) < 4.78 is 18.6. The van der Waals surface area contributed by atoms with Gasteiger partial charge in [-0.15, -0.1) is 0 Å². The van der Waals surface area contributed by atoms with Crippen LogP contribution in [0.25, 0.3) is 11.0 Å². The number of nitrogens with zero attached hydrogens (tertiary/aromatic N) is 4. The Labute approximate surface area is 141 Å². The highest BCUT2D eigenvalue weighted by Crippen LogP contribution is 2.21. The molecule has 2 N–H and O–H groups in total. The minimum absolute atomic E-state index is 0.311. The lowest BCUT2D eigenvalue weighted by Crippen LogP contribution is -2.02. The Morgan fingerprint density at radius 3 is 2.84 bits per heavy atom. The fourth-order valence-corrected chi connectivity index (χ4v) is 2.33. The lowest BCUT2D eigenvalue weighted by atomic mass is 10.2. The van der Waals surface area contributed by atoms with Crippen molar-refractivity contribution in [2.24, 2.45) is 0 Å². The summed E-state index contributed by atoms with van der Waals surface area (Å²) in [4.78, 5) is 12.5. The van der Waals surface area contributed by atoms with Crippen LogP contribution in [0.2, 0.25) is 0 Å². The number of fused-ring (bicyclic) bond motifs is 1. The smallest absolute Gasteiger partial charge is 0.219 e. The van der Waals surface area contributed by atoms with Gasteiger partial charge in [0, 0.05) is 18.8 Å². The van der Waals surface area contributed by atoms with E-state index in [1.54, 1.807) is 24.5 Å². The van der Waals surface area contributed by atoms with Gasteiger partial charge >= 0.3 is 0 Å². The normalized spacial score (nSPS) is 10.8. The Hall–Kier alpha value is -3.55. The number of anilines is 1. The molecule has 3 heterocycles. The molecule has 4 aromatic rings. The second kappa shape index (κ2) is 6.52. The number of pyridine rings is 1. The number of halogens is 1. The predicted molar refractivity (Wildman–Crippen MR) is 89.7 cm³/mol. The number of aromatic amines is 1. The predicted octanol–water partition coefficient (Wildman–Crippen LogP) is 3.29. The molecule has 0 aliphatic heterocycles. The van der Waals surface area contributed by atoms with Crippen LogP contribution in [0.5, 0.6) is 11.6 Å². The van der Waals surface area contributed by atoms with Crippen molar-refractivity contribution in [1.82, 2.24) is 25.1 Å². The fourth-order valence-electron chi connectivity index (χ4n) is 2.33. The number of ether oxygens (including phenoxy) is 1. The van der Waals surface area contributed by atoms with Crippen LogP contribution in [0.1, 0.15) is 5.56 Å². The number of benzene rings is 1. The van der Waals surface area contributed by atoms with Crippen LogP contribution < -0.4 is 10.1 Å². The summed E-state index contributed by atoms with van der Waals surface area (Å²) in [5, 5.41) is 10.8. The van der Waals surface area contributed by atoms with Crippen LogP contribution in [0.15, 0.2) is 55.1 Å². The molecule has 1 aromatic carbocycles. The van der Waals surface area contributed by atoms with Crippen LogP contribution >= 0.6 is 0 Å².